The van der Waals surface area contributed by atoms with Gasteiger partial charge in [0, 0.05) is 31.2 Å². The molecule has 0 radical (unpaired) electrons. The van der Waals surface area contributed by atoms with E-state index in [0.29, 0.717) is 12.0 Å². The van der Waals surface area contributed by atoms with E-state index in [2.05, 4.69) is 52.7 Å². The molecule has 0 spiro atoms. The highest BCUT2D eigenvalue weighted by atomic mass is 16.5. The second kappa shape index (κ2) is 9.58. The molecule has 7 heteroatoms. The Morgan fingerprint density at radius 2 is 2.44 bits per heavy atom. The topological polar surface area (TPSA) is 85.8 Å². The van der Waals surface area contributed by atoms with Crippen LogP contribution < -0.4 is 16.0 Å². The normalized spacial score (nSPS) is 21.5. The molecular formula is C18H31N5O2. The molecule has 1 aliphatic heterocycles. The Labute approximate surface area is 149 Å². The van der Waals surface area contributed by atoms with Gasteiger partial charge in [-0.25, -0.2) is 4.98 Å². The van der Waals surface area contributed by atoms with Crippen molar-refractivity contribution in [3.05, 3.63) is 10.7 Å². The van der Waals surface area contributed by atoms with Gasteiger partial charge < -0.3 is 20.2 Å². The highest BCUT2D eigenvalue weighted by molar-refractivity contribution is 6.01. The largest absolute Gasteiger partial charge is 0.411 e. The summed E-state index contributed by atoms with van der Waals surface area (Å²) in [5.41, 5.74) is 0.897. The van der Waals surface area contributed by atoms with E-state index in [-0.39, 0.29) is 6.10 Å². The molecule has 2 heterocycles. The number of nitrogens with zero attached hydrogens (tertiary/aromatic N) is 3. The van der Waals surface area contributed by atoms with Gasteiger partial charge in [0.2, 0.25) is 5.95 Å². The van der Waals surface area contributed by atoms with Gasteiger partial charge in [-0.3, -0.25) is 4.90 Å². The first-order valence-electron chi connectivity index (χ1n) is 9.10. The van der Waals surface area contributed by atoms with E-state index in [1.165, 1.54) is 6.21 Å². The maximum atomic E-state index is 8.90. The predicted molar refractivity (Wildman–Crippen MR) is 102 cm³/mol. The van der Waals surface area contributed by atoms with E-state index < -0.39 is 0 Å². The van der Waals surface area contributed by atoms with Crippen molar-refractivity contribution in [2.45, 2.75) is 52.2 Å². The molecule has 0 aromatic carbocycles. The van der Waals surface area contributed by atoms with Crippen molar-refractivity contribution in [2.24, 2.45) is 5.16 Å². The number of anilines is 1. The summed E-state index contributed by atoms with van der Waals surface area (Å²) in [6, 6.07) is 0.385. The fraction of sp³-hybridized carbons (Fsp3) is 0.667. The number of nitrogens with one attached hydrogen (secondary N) is 2. The van der Waals surface area contributed by atoms with Crippen molar-refractivity contribution in [2.75, 3.05) is 31.6 Å². The van der Waals surface area contributed by atoms with Crippen molar-refractivity contribution < 1.29 is 9.94 Å². The Balaban J connectivity index is 2.05. The van der Waals surface area contributed by atoms with Gasteiger partial charge in [0.1, 0.15) is 0 Å². The Morgan fingerprint density at radius 1 is 1.64 bits per heavy atom. The monoisotopic (exact) mass is 349 g/mol. The summed E-state index contributed by atoms with van der Waals surface area (Å²) in [7, 11) is 0. The summed E-state index contributed by atoms with van der Waals surface area (Å²) in [6.07, 6.45) is 4.65. The van der Waals surface area contributed by atoms with Crippen LogP contribution in [-0.2, 0) is 4.74 Å². The van der Waals surface area contributed by atoms with Crippen LogP contribution in [0, 0.1) is 0 Å². The molecule has 7 nitrogen and oxygen atoms in total. The molecule has 0 aliphatic carbocycles. The van der Waals surface area contributed by atoms with Gasteiger partial charge in [-0.05, 0) is 26.7 Å². The quantitative estimate of drug-likeness (QED) is 0.372. The van der Waals surface area contributed by atoms with E-state index in [1.807, 2.05) is 0 Å². The standard InChI is InChI=1S/C18H31N5O2/c1-5-6-7-16(11-20-24)17-15(4)21-18(22-17)19-10-13(2)23-8-9-25-14(3)12-23/h11,13-14,24H,4-10,12H2,1-3H3,(H2,19,21,22)/b17-16-,20-11+. The van der Waals surface area contributed by atoms with E-state index in [9.17, 15) is 0 Å². The molecule has 0 bridgehead atoms. The van der Waals surface area contributed by atoms with Crippen LogP contribution in [0.4, 0.5) is 5.95 Å². The van der Waals surface area contributed by atoms with Gasteiger partial charge >= 0.3 is 0 Å². The molecule has 1 aliphatic rings. The van der Waals surface area contributed by atoms with Crippen molar-refractivity contribution in [3.8, 4) is 0 Å². The highest BCUT2D eigenvalue weighted by Crippen LogP contribution is 2.09. The zero-order valence-electron chi connectivity index (χ0n) is 15.6. The molecule has 3 N–H and O–H groups in total. The zero-order valence-corrected chi connectivity index (χ0v) is 15.6. The molecule has 2 rings (SSSR count). The van der Waals surface area contributed by atoms with Crippen LogP contribution >= 0.6 is 0 Å². The first-order valence-corrected chi connectivity index (χ1v) is 9.10. The number of aromatic amines is 1. The summed E-state index contributed by atoms with van der Waals surface area (Å²) in [5, 5.41) is 16.9. The lowest BCUT2D eigenvalue weighted by Crippen LogP contribution is -2.48. The van der Waals surface area contributed by atoms with Crippen molar-refractivity contribution in [3.63, 3.8) is 0 Å². The number of morpholine rings is 1. The van der Waals surface area contributed by atoms with Crippen molar-refractivity contribution >= 4 is 24.3 Å². The Hall–Kier alpha value is -1.86. The molecule has 1 aromatic heterocycles. The molecule has 25 heavy (non-hydrogen) atoms. The molecule has 2 atom stereocenters. The van der Waals surface area contributed by atoms with Gasteiger partial charge in [0.05, 0.1) is 29.6 Å². The predicted octanol–water partition coefficient (Wildman–Crippen LogP) is 1.14. The fourth-order valence-electron chi connectivity index (χ4n) is 3.06. The molecule has 1 fully saturated rings. The third-order valence-electron chi connectivity index (χ3n) is 4.56. The van der Waals surface area contributed by atoms with E-state index in [4.69, 9.17) is 9.94 Å². The summed E-state index contributed by atoms with van der Waals surface area (Å²) < 4.78 is 5.60. The minimum absolute atomic E-state index is 0.284. The SMILES string of the molecule is C=c1[nH]c(NCC(C)N2CCOC(C)C2)n/c1=C(\C=N\O)CCCC. The van der Waals surface area contributed by atoms with Gasteiger partial charge in [-0.1, -0.05) is 25.1 Å². The van der Waals surface area contributed by atoms with E-state index >= 15 is 0 Å². The second-order valence-corrected chi connectivity index (χ2v) is 6.69. The van der Waals surface area contributed by atoms with Gasteiger partial charge in [0.25, 0.3) is 0 Å². The first-order chi connectivity index (χ1) is 12.0. The lowest BCUT2D eigenvalue weighted by Gasteiger charge is -2.35. The molecule has 1 aromatic rings. The number of hydrogen-bond acceptors (Lipinski definition) is 6. The molecule has 1 saturated heterocycles. The molecule has 0 amide bonds. The number of H-pyrrole nitrogens is 1. The van der Waals surface area contributed by atoms with Gasteiger partial charge in [-0.15, -0.1) is 0 Å². The fourth-order valence-corrected chi connectivity index (χ4v) is 3.06. The van der Waals surface area contributed by atoms with Crippen LogP contribution in [0.3, 0.4) is 0 Å². The molecule has 0 saturated carbocycles. The van der Waals surface area contributed by atoms with E-state index in [0.717, 1.165) is 61.8 Å². The van der Waals surface area contributed by atoms with Crippen LogP contribution in [0.25, 0.3) is 12.2 Å². The summed E-state index contributed by atoms with van der Waals surface area (Å²) >= 11 is 0. The van der Waals surface area contributed by atoms with Crippen molar-refractivity contribution in [1.82, 2.24) is 14.9 Å². The number of aromatic nitrogens is 2. The minimum atomic E-state index is 0.284. The van der Waals surface area contributed by atoms with Crippen LogP contribution in [-0.4, -0.2) is 64.7 Å². The lowest BCUT2D eigenvalue weighted by atomic mass is 10.1. The smallest absolute Gasteiger partial charge is 0.201 e. The number of imidazole rings is 1. The second-order valence-electron chi connectivity index (χ2n) is 6.69. The third-order valence-corrected chi connectivity index (χ3v) is 4.56. The zero-order chi connectivity index (χ0) is 18.2. The van der Waals surface area contributed by atoms with Crippen LogP contribution in [0.2, 0.25) is 0 Å². The Morgan fingerprint density at radius 3 is 3.12 bits per heavy atom. The molecular weight excluding hydrogens is 318 g/mol. The Bertz CT molecular complexity index is 669. The lowest BCUT2D eigenvalue weighted by molar-refractivity contribution is -0.0296. The van der Waals surface area contributed by atoms with Crippen LogP contribution in [0.15, 0.2) is 5.16 Å². The van der Waals surface area contributed by atoms with E-state index in [1.54, 1.807) is 0 Å². The number of hydrogen-bond donors (Lipinski definition) is 3. The van der Waals surface area contributed by atoms with Crippen LogP contribution in [0.1, 0.15) is 40.0 Å². The number of rotatable bonds is 8. The molecule has 2 unspecified atom stereocenters. The Kier molecular flexibility index (Phi) is 7.46. The maximum Gasteiger partial charge on any atom is 0.201 e. The summed E-state index contributed by atoms with van der Waals surface area (Å²) in [5.74, 6) is 0.702. The van der Waals surface area contributed by atoms with Crippen molar-refractivity contribution in [1.29, 1.82) is 0 Å². The van der Waals surface area contributed by atoms with Crippen LogP contribution in [0.5, 0.6) is 0 Å². The summed E-state index contributed by atoms with van der Waals surface area (Å²) in [6.45, 7) is 14.0. The molecule has 140 valence electrons. The maximum absolute atomic E-state index is 8.90. The van der Waals surface area contributed by atoms with Gasteiger partial charge in [0.15, 0.2) is 0 Å². The third kappa shape index (κ3) is 5.57. The van der Waals surface area contributed by atoms with Gasteiger partial charge in [-0.2, -0.15) is 0 Å². The summed E-state index contributed by atoms with van der Waals surface area (Å²) in [4.78, 5) is 10.2. The number of ether oxygens (including phenoxy) is 1. The average molecular weight is 349 g/mol. The number of unbranched alkanes of at least 4 members (excludes halogenated alkanes) is 1. The minimum Gasteiger partial charge on any atom is -0.411 e. The average Bonchev–Trinajstić information content (AvgIpc) is 2.97. The first kappa shape index (κ1) is 19.5. The highest BCUT2D eigenvalue weighted by Gasteiger charge is 2.21. The number of oxime groups is 1.